The molecule has 2 rings (SSSR count). The van der Waals surface area contributed by atoms with Gasteiger partial charge in [0, 0.05) is 40.1 Å². The summed E-state index contributed by atoms with van der Waals surface area (Å²) in [6.07, 6.45) is 1.05. The Morgan fingerprint density at radius 2 is 1.95 bits per heavy atom. The van der Waals surface area contributed by atoms with Crippen LogP contribution >= 0.6 is 0 Å². The first-order chi connectivity index (χ1) is 10.0. The summed E-state index contributed by atoms with van der Waals surface area (Å²) in [6.45, 7) is 3.04. The highest BCUT2D eigenvalue weighted by Crippen LogP contribution is 2.27. The average molecular weight is 315 g/mol. The number of pyridine rings is 1. The molecule has 1 fully saturated rings. The molecule has 21 heavy (non-hydrogen) atoms. The van der Waals surface area contributed by atoms with Gasteiger partial charge < -0.3 is 14.8 Å². The Morgan fingerprint density at radius 3 is 2.48 bits per heavy atom. The third-order valence-electron chi connectivity index (χ3n) is 3.52. The number of anilines is 1. The van der Waals surface area contributed by atoms with E-state index in [1.807, 2.05) is 6.92 Å². The number of rotatable bonds is 6. The van der Waals surface area contributed by atoms with Gasteiger partial charge in [-0.3, -0.25) is 0 Å². The summed E-state index contributed by atoms with van der Waals surface area (Å²) in [5.74, 6) is 0.370. The number of hydrogen-bond donors (Lipinski definition) is 1. The van der Waals surface area contributed by atoms with Gasteiger partial charge >= 0.3 is 0 Å². The molecule has 1 aliphatic rings. The highest BCUT2D eigenvalue weighted by atomic mass is 32.2. The molecule has 2 atom stereocenters. The predicted octanol–water partition coefficient (Wildman–Crippen LogP) is 0.548. The molecular formula is C13H21N3O4S. The van der Waals surface area contributed by atoms with E-state index in [0.29, 0.717) is 12.4 Å². The van der Waals surface area contributed by atoms with Crippen LogP contribution in [0.2, 0.25) is 0 Å². The fourth-order valence-corrected chi connectivity index (χ4v) is 3.98. The lowest BCUT2D eigenvalue weighted by Crippen LogP contribution is -2.31. The number of sulfonamides is 1. The van der Waals surface area contributed by atoms with Crippen molar-refractivity contribution in [1.29, 1.82) is 0 Å². The molecule has 1 saturated heterocycles. The highest BCUT2D eigenvalue weighted by Gasteiger charge is 2.40. The maximum atomic E-state index is 12.8. The Bertz CT molecular complexity index is 567. The Morgan fingerprint density at radius 1 is 1.33 bits per heavy atom. The third-order valence-corrected chi connectivity index (χ3v) is 5.38. The van der Waals surface area contributed by atoms with Gasteiger partial charge in [-0.25, -0.2) is 13.4 Å². The molecule has 0 amide bonds. The van der Waals surface area contributed by atoms with E-state index in [-0.39, 0.29) is 30.2 Å². The minimum Gasteiger partial charge on any atom is -0.377 e. The fraction of sp³-hybridized carbons (Fsp3) is 0.615. The largest absolute Gasteiger partial charge is 0.377 e. The van der Waals surface area contributed by atoms with Gasteiger partial charge in [0.15, 0.2) is 0 Å². The van der Waals surface area contributed by atoms with Crippen molar-refractivity contribution in [3.8, 4) is 0 Å². The topological polar surface area (TPSA) is 80.8 Å². The molecule has 7 nitrogen and oxygen atoms in total. The van der Waals surface area contributed by atoms with Crippen molar-refractivity contribution in [2.75, 3.05) is 39.2 Å². The molecule has 1 aromatic rings. The van der Waals surface area contributed by atoms with Crippen molar-refractivity contribution in [1.82, 2.24) is 9.29 Å². The molecule has 0 aliphatic carbocycles. The van der Waals surface area contributed by atoms with E-state index in [9.17, 15) is 8.42 Å². The second kappa shape index (κ2) is 6.69. The van der Waals surface area contributed by atoms with Crippen LogP contribution in [0.3, 0.4) is 0 Å². The molecule has 0 bridgehead atoms. The minimum absolute atomic E-state index is 0.179. The van der Waals surface area contributed by atoms with Gasteiger partial charge in [0.1, 0.15) is 10.7 Å². The molecule has 0 spiro atoms. The molecule has 2 heterocycles. The maximum absolute atomic E-state index is 12.8. The summed E-state index contributed by atoms with van der Waals surface area (Å²) in [5.41, 5.74) is 0. The quantitative estimate of drug-likeness (QED) is 0.825. The van der Waals surface area contributed by atoms with Crippen LogP contribution in [-0.4, -0.2) is 63.8 Å². The summed E-state index contributed by atoms with van der Waals surface area (Å²) in [7, 11) is -0.516. The van der Waals surface area contributed by atoms with Crippen molar-refractivity contribution in [3.05, 3.63) is 18.3 Å². The predicted molar refractivity (Wildman–Crippen MR) is 78.8 cm³/mol. The number of hydrogen-bond acceptors (Lipinski definition) is 6. The number of nitrogens with one attached hydrogen (secondary N) is 1. The van der Waals surface area contributed by atoms with E-state index in [4.69, 9.17) is 9.47 Å². The lowest BCUT2D eigenvalue weighted by molar-refractivity contribution is -0.00461. The summed E-state index contributed by atoms with van der Waals surface area (Å²) < 4.78 is 37.5. The Labute approximate surface area is 125 Å². The monoisotopic (exact) mass is 315 g/mol. The molecular weight excluding hydrogens is 294 g/mol. The smallest absolute Gasteiger partial charge is 0.246 e. The van der Waals surface area contributed by atoms with E-state index in [1.165, 1.54) is 4.31 Å². The summed E-state index contributed by atoms with van der Waals surface area (Å²) in [5, 5.41) is 2.98. The van der Waals surface area contributed by atoms with Crippen LogP contribution < -0.4 is 5.32 Å². The van der Waals surface area contributed by atoms with Crippen LogP contribution in [0.4, 0.5) is 5.82 Å². The van der Waals surface area contributed by atoms with E-state index in [2.05, 4.69) is 10.3 Å². The maximum Gasteiger partial charge on any atom is 0.246 e. The van der Waals surface area contributed by atoms with Crippen LogP contribution in [-0.2, 0) is 19.5 Å². The van der Waals surface area contributed by atoms with Crippen LogP contribution in [0.25, 0.3) is 0 Å². The summed E-state index contributed by atoms with van der Waals surface area (Å²) >= 11 is 0. The zero-order chi connectivity index (χ0) is 15.5. The highest BCUT2D eigenvalue weighted by molar-refractivity contribution is 7.89. The first kappa shape index (κ1) is 16.2. The van der Waals surface area contributed by atoms with E-state index < -0.39 is 10.0 Å². The molecule has 0 aromatic carbocycles. The van der Waals surface area contributed by atoms with Crippen molar-refractivity contribution in [2.24, 2.45) is 0 Å². The summed E-state index contributed by atoms with van der Waals surface area (Å²) in [4.78, 5) is 4.28. The zero-order valence-corrected chi connectivity index (χ0v) is 13.3. The van der Waals surface area contributed by atoms with Gasteiger partial charge in [0.2, 0.25) is 10.0 Å². The van der Waals surface area contributed by atoms with Crippen molar-refractivity contribution >= 4 is 15.8 Å². The molecule has 118 valence electrons. The van der Waals surface area contributed by atoms with Gasteiger partial charge in [-0.2, -0.15) is 4.31 Å². The number of methoxy groups -OCH3 is 2. The standard InChI is InChI=1S/C13H21N3O4S/c1-4-14-13-12(6-5-7-15-13)21(17,18)16-8-10(19-2)11(9-16)20-3/h5-7,10-11H,4,8-9H2,1-3H3,(H,14,15). The number of nitrogens with zero attached hydrogens (tertiary/aromatic N) is 2. The van der Waals surface area contributed by atoms with Gasteiger partial charge in [0.05, 0.1) is 12.2 Å². The Kier molecular flexibility index (Phi) is 5.15. The van der Waals surface area contributed by atoms with Gasteiger partial charge in [-0.05, 0) is 19.1 Å². The molecule has 2 unspecified atom stereocenters. The van der Waals surface area contributed by atoms with Crippen LogP contribution in [0.5, 0.6) is 0 Å². The lowest BCUT2D eigenvalue weighted by Gasteiger charge is -2.18. The Hall–Kier alpha value is -1.22. The normalized spacial score (nSPS) is 23.4. The molecule has 1 N–H and O–H groups in total. The van der Waals surface area contributed by atoms with E-state index in [0.717, 1.165) is 0 Å². The zero-order valence-electron chi connectivity index (χ0n) is 12.4. The number of ether oxygens (including phenoxy) is 2. The minimum atomic E-state index is -3.63. The van der Waals surface area contributed by atoms with Gasteiger partial charge in [-0.1, -0.05) is 0 Å². The molecule has 1 aliphatic heterocycles. The summed E-state index contributed by atoms with van der Waals surface area (Å²) in [6, 6.07) is 3.17. The van der Waals surface area contributed by atoms with E-state index >= 15 is 0 Å². The first-order valence-electron chi connectivity index (χ1n) is 6.79. The van der Waals surface area contributed by atoms with E-state index in [1.54, 1.807) is 32.5 Å². The fourth-order valence-electron chi connectivity index (χ4n) is 2.40. The van der Waals surface area contributed by atoms with Crippen molar-refractivity contribution in [2.45, 2.75) is 24.0 Å². The van der Waals surface area contributed by atoms with Crippen LogP contribution in [0.15, 0.2) is 23.2 Å². The Balaban J connectivity index is 2.31. The second-order valence-corrected chi connectivity index (χ2v) is 6.66. The first-order valence-corrected chi connectivity index (χ1v) is 8.23. The van der Waals surface area contributed by atoms with Gasteiger partial charge in [0.25, 0.3) is 0 Å². The molecule has 1 aromatic heterocycles. The third kappa shape index (κ3) is 3.18. The molecule has 0 saturated carbocycles. The van der Waals surface area contributed by atoms with Gasteiger partial charge in [-0.15, -0.1) is 0 Å². The SMILES string of the molecule is CCNc1ncccc1S(=O)(=O)N1CC(OC)C(OC)C1. The second-order valence-electron chi connectivity index (χ2n) is 4.75. The van der Waals surface area contributed by atoms with Crippen molar-refractivity contribution in [3.63, 3.8) is 0 Å². The van der Waals surface area contributed by atoms with Crippen molar-refractivity contribution < 1.29 is 17.9 Å². The molecule has 8 heteroatoms. The average Bonchev–Trinajstić information content (AvgIpc) is 2.92. The lowest BCUT2D eigenvalue weighted by atomic mass is 10.3. The molecule has 0 radical (unpaired) electrons. The van der Waals surface area contributed by atoms with Crippen LogP contribution in [0, 0.1) is 0 Å². The number of aromatic nitrogens is 1. The van der Waals surface area contributed by atoms with Crippen LogP contribution in [0.1, 0.15) is 6.92 Å².